The maximum absolute atomic E-state index is 15.0. The third kappa shape index (κ3) is 3.38. The Balaban J connectivity index is 1.90. The van der Waals surface area contributed by atoms with Crippen LogP contribution >= 0.6 is 24.4 Å². The number of H-pyrrole nitrogens is 2. The van der Waals surface area contributed by atoms with Crippen molar-refractivity contribution in [1.29, 1.82) is 0 Å². The zero-order valence-corrected chi connectivity index (χ0v) is 17.0. The number of halogens is 1. The van der Waals surface area contributed by atoms with Crippen molar-refractivity contribution in [2.45, 2.75) is 16.7 Å². The predicted octanol–water partition coefficient (Wildman–Crippen LogP) is 3.46. The van der Waals surface area contributed by atoms with Gasteiger partial charge in [0.15, 0.2) is 0 Å². The molecule has 4 rings (SSSR count). The van der Waals surface area contributed by atoms with Gasteiger partial charge in [-0.15, -0.1) is 34.6 Å². The first-order valence-electron chi connectivity index (χ1n) is 8.62. The number of hydrogen-bond acceptors (Lipinski definition) is 7. The molecule has 0 saturated heterocycles. The molecular formula is C18H18FN7S2. The van der Waals surface area contributed by atoms with E-state index >= 15 is 0 Å². The lowest BCUT2D eigenvalue weighted by atomic mass is 9.97. The fourth-order valence-corrected chi connectivity index (χ4v) is 4.45. The van der Waals surface area contributed by atoms with Crippen LogP contribution in [0.5, 0.6) is 0 Å². The largest absolute Gasteiger partial charge is 0.319 e. The average molecular weight is 416 g/mol. The third-order valence-corrected chi connectivity index (χ3v) is 6.12. The van der Waals surface area contributed by atoms with E-state index < -0.39 is 0 Å². The SMILES string of the molecule is CNCCSc1ccc(-c2cc3c(C)[nH]nc3cc2F)c(-c2nn[nH]n2)c1S. The molecule has 4 aromatic rings. The highest BCUT2D eigenvalue weighted by molar-refractivity contribution is 7.99. The van der Waals surface area contributed by atoms with Crippen molar-refractivity contribution >= 4 is 35.3 Å². The van der Waals surface area contributed by atoms with Gasteiger partial charge in [0.25, 0.3) is 0 Å². The molecule has 144 valence electrons. The normalized spacial score (nSPS) is 11.4. The maximum atomic E-state index is 15.0. The summed E-state index contributed by atoms with van der Waals surface area (Å²) in [5.74, 6) is 0.885. The van der Waals surface area contributed by atoms with Crippen LogP contribution in [-0.4, -0.2) is 50.2 Å². The second kappa shape index (κ2) is 7.90. The third-order valence-electron chi connectivity index (χ3n) is 4.44. The van der Waals surface area contributed by atoms with Crippen LogP contribution in [0, 0.1) is 12.7 Å². The number of rotatable bonds is 6. The molecule has 7 nitrogen and oxygen atoms in total. The van der Waals surface area contributed by atoms with Gasteiger partial charge >= 0.3 is 0 Å². The molecule has 0 aliphatic heterocycles. The summed E-state index contributed by atoms with van der Waals surface area (Å²) >= 11 is 6.40. The van der Waals surface area contributed by atoms with Crippen LogP contribution in [-0.2, 0) is 0 Å². The second-order valence-electron chi connectivity index (χ2n) is 6.22. The number of thioether (sulfide) groups is 1. The minimum atomic E-state index is -0.368. The fraction of sp³-hybridized carbons (Fsp3) is 0.222. The minimum Gasteiger partial charge on any atom is -0.319 e. The van der Waals surface area contributed by atoms with Crippen LogP contribution in [0.2, 0.25) is 0 Å². The molecule has 3 N–H and O–H groups in total. The highest BCUT2D eigenvalue weighted by atomic mass is 32.2. The number of tetrazole rings is 1. The van der Waals surface area contributed by atoms with Crippen molar-refractivity contribution in [1.82, 2.24) is 36.1 Å². The van der Waals surface area contributed by atoms with Gasteiger partial charge in [-0.2, -0.15) is 10.3 Å². The summed E-state index contributed by atoms with van der Waals surface area (Å²) in [6.07, 6.45) is 0. The molecule has 0 spiro atoms. The van der Waals surface area contributed by atoms with E-state index in [0.717, 1.165) is 28.3 Å². The van der Waals surface area contributed by atoms with E-state index in [-0.39, 0.29) is 5.82 Å². The minimum absolute atomic E-state index is 0.368. The Morgan fingerprint density at radius 3 is 2.82 bits per heavy atom. The summed E-state index contributed by atoms with van der Waals surface area (Å²) in [6, 6.07) is 7.06. The summed E-state index contributed by atoms with van der Waals surface area (Å²) < 4.78 is 15.0. The molecule has 0 bridgehead atoms. The number of aromatic nitrogens is 6. The Labute approximate surface area is 170 Å². The van der Waals surface area contributed by atoms with Gasteiger partial charge < -0.3 is 5.32 Å². The Bertz CT molecular complexity index is 1120. The van der Waals surface area contributed by atoms with Gasteiger partial charge in [0, 0.05) is 50.4 Å². The number of aromatic amines is 2. The number of nitrogens with one attached hydrogen (secondary N) is 3. The van der Waals surface area contributed by atoms with Crippen LogP contribution < -0.4 is 5.32 Å². The summed E-state index contributed by atoms with van der Waals surface area (Å²) in [7, 11) is 1.91. The summed E-state index contributed by atoms with van der Waals surface area (Å²) in [6.45, 7) is 2.77. The first-order valence-corrected chi connectivity index (χ1v) is 10.0. The molecule has 0 saturated carbocycles. The van der Waals surface area contributed by atoms with Gasteiger partial charge in [0.1, 0.15) is 5.82 Å². The number of hydrogen-bond donors (Lipinski definition) is 4. The predicted molar refractivity (Wildman–Crippen MR) is 111 cm³/mol. The molecule has 0 radical (unpaired) electrons. The van der Waals surface area contributed by atoms with Gasteiger partial charge in [-0.25, -0.2) is 4.39 Å². The number of thiol groups is 1. The standard InChI is InChI=1S/C18H18FN7S2/c1-9-11-7-12(13(19)8-14(11)22-21-9)10-3-4-15(28-6-5-20-2)17(27)16(10)18-23-25-26-24-18/h3-4,7-8,20,27H,5-6H2,1-2H3,(H,21,22)(H,23,24,25,26). The number of nitrogens with zero attached hydrogens (tertiary/aromatic N) is 4. The van der Waals surface area contributed by atoms with Gasteiger partial charge in [0.2, 0.25) is 5.82 Å². The quantitative estimate of drug-likeness (QED) is 0.219. The molecule has 0 aliphatic rings. The first kappa shape index (κ1) is 18.9. The highest BCUT2D eigenvalue weighted by Gasteiger charge is 2.21. The average Bonchev–Trinajstić information content (AvgIpc) is 3.33. The van der Waals surface area contributed by atoms with Crippen LogP contribution in [0.15, 0.2) is 34.1 Å². The Morgan fingerprint density at radius 2 is 2.07 bits per heavy atom. The molecule has 2 aromatic carbocycles. The molecule has 2 aromatic heterocycles. The Kier molecular flexibility index (Phi) is 5.33. The van der Waals surface area contributed by atoms with Crippen molar-refractivity contribution in [3.8, 4) is 22.5 Å². The van der Waals surface area contributed by atoms with E-state index in [0.29, 0.717) is 32.9 Å². The van der Waals surface area contributed by atoms with Crippen LogP contribution in [0.3, 0.4) is 0 Å². The molecule has 2 heterocycles. The van der Waals surface area contributed by atoms with E-state index in [1.165, 1.54) is 6.07 Å². The van der Waals surface area contributed by atoms with E-state index in [2.05, 4.69) is 36.1 Å². The van der Waals surface area contributed by atoms with Gasteiger partial charge in [0.05, 0.1) is 5.52 Å². The lowest BCUT2D eigenvalue weighted by Crippen LogP contribution is -2.09. The lowest BCUT2D eigenvalue weighted by Gasteiger charge is -2.14. The Morgan fingerprint density at radius 1 is 1.21 bits per heavy atom. The van der Waals surface area contributed by atoms with Crippen molar-refractivity contribution in [2.24, 2.45) is 0 Å². The highest BCUT2D eigenvalue weighted by Crippen LogP contribution is 2.41. The Hall–Kier alpha value is -2.43. The maximum Gasteiger partial charge on any atom is 0.206 e. The van der Waals surface area contributed by atoms with Crippen molar-refractivity contribution in [2.75, 3.05) is 19.3 Å². The summed E-state index contributed by atoms with van der Waals surface area (Å²) in [5.41, 5.74) is 3.21. The second-order valence-corrected chi connectivity index (χ2v) is 7.80. The monoisotopic (exact) mass is 415 g/mol. The van der Waals surface area contributed by atoms with Crippen molar-refractivity contribution in [3.05, 3.63) is 35.8 Å². The molecule has 28 heavy (non-hydrogen) atoms. The fourth-order valence-electron chi connectivity index (χ4n) is 3.04. The summed E-state index contributed by atoms with van der Waals surface area (Å²) in [4.78, 5) is 1.67. The summed E-state index contributed by atoms with van der Waals surface area (Å²) in [5, 5.41) is 25.4. The van der Waals surface area contributed by atoms with Gasteiger partial charge in [-0.05, 0) is 36.9 Å². The number of fused-ring (bicyclic) bond motifs is 1. The van der Waals surface area contributed by atoms with Crippen LogP contribution in [0.4, 0.5) is 4.39 Å². The number of benzene rings is 2. The van der Waals surface area contributed by atoms with E-state index in [1.807, 2.05) is 26.1 Å². The topological polar surface area (TPSA) is 95.2 Å². The van der Waals surface area contributed by atoms with Crippen molar-refractivity contribution in [3.63, 3.8) is 0 Å². The van der Waals surface area contributed by atoms with Crippen molar-refractivity contribution < 1.29 is 4.39 Å². The molecule has 0 atom stereocenters. The molecule has 0 aliphatic carbocycles. The van der Waals surface area contributed by atoms with Crippen LogP contribution in [0.1, 0.15) is 5.69 Å². The van der Waals surface area contributed by atoms with E-state index in [9.17, 15) is 4.39 Å². The molecule has 10 heteroatoms. The smallest absolute Gasteiger partial charge is 0.206 e. The van der Waals surface area contributed by atoms with Gasteiger partial charge in [-0.1, -0.05) is 6.07 Å². The molecule has 0 unspecified atom stereocenters. The lowest BCUT2D eigenvalue weighted by molar-refractivity contribution is 0.633. The molecule has 0 amide bonds. The number of aryl methyl sites for hydroxylation is 1. The van der Waals surface area contributed by atoms with E-state index in [4.69, 9.17) is 12.6 Å². The molecular weight excluding hydrogens is 397 g/mol. The zero-order chi connectivity index (χ0) is 19.7. The first-order chi connectivity index (χ1) is 13.6. The molecule has 0 fully saturated rings. The van der Waals surface area contributed by atoms with Gasteiger partial charge in [-0.3, -0.25) is 5.10 Å². The zero-order valence-electron chi connectivity index (χ0n) is 15.2. The van der Waals surface area contributed by atoms with Crippen LogP contribution in [0.25, 0.3) is 33.4 Å². The van der Waals surface area contributed by atoms with E-state index in [1.54, 1.807) is 17.8 Å².